The fourth-order valence-electron chi connectivity index (χ4n) is 6.99. The number of pyridine rings is 1. The predicted molar refractivity (Wildman–Crippen MR) is 199 cm³/mol. The third-order valence-electron chi connectivity index (χ3n) is 9.25. The van der Waals surface area contributed by atoms with E-state index in [0.29, 0.717) is 17.5 Å². The average molecular weight is 672 g/mol. The lowest BCUT2D eigenvalue weighted by molar-refractivity contribution is 0.451. The number of halogens is 1. The second kappa shape index (κ2) is 13.5. The molecular weight excluding hydrogens is 638 g/mol. The number of benzene rings is 5. The van der Waals surface area contributed by atoms with Crippen molar-refractivity contribution < 1.29 is 0 Å². The van der Waals surface area contributed by atoms with E-state index in [2.05, 4.69) is 137 Å². The number of aryl methyl sites for hydroxylation is 1. The summed E-state index contributed by atoms with van der Waals surface area (Å²) in [7, 11) is 0. The van der Waals surface area contributed by atoms with Crippen molar-refractivity contribution in [1.82, 2.24) is 34.7 Å². The van der Waals surface area contributed by atoms with E-state index < -0.39 is 5.54 Å². The highest BCUT2D eigenvalue weighted by molar-refractivity contribution is 6.29. The molecule has 0 aliphatic carbocycles. The van der Waals surface area contributed by atoms with Crippen LogP contribution in [0.25, 0.3) is 33.7 Å². The molecule has 0 amide bonds. The maximum Gasteiger partial charge on any atom is 0.184 e. The third-order valence-corrected chi connectivity index (χ3v) is 9.46. The third kappa shape index (κ3) is 5.55. The molecule has 7 nitrogen and oxygen atoms in total. The van der Waals surface area contributed by atoms with Gasteiger partial charge >= 0.3 is 0 Å². The molecule has 0 atom stereocenters. The molecule has 0 fully saturated rings. The maximum atomic E-state index is 6.30. The number of imidazole rings is 1. The second-order valence-electron chi connectivity index (χ2n) is 12.3. The van der Waals surface area contributed by atoms with Crippen LogP contribution in [0.3, 0.4) is 0 Å². The Hall–Kier alpha value is -5.92. The van der Waals surface area contributed by atoms with Crippen molar-refractivity contribution >= 4 is 22.8 Å². The van der Waals surface area contributed by atoms with Crippen molar-refractivity contribution in [3.8, 4) is 22.5 Å². The fraction of sp³-hybridized carbons (Fsp3) is 0.119. The standard InChI is InChI=1S/C42H34ClN7/c1-2-14-39-44-37-27-28-38(43)45-41(37)49(39)29-30-23-25-31(26-24-30)35-21-12-13-22-36(35)40-46-47-48-50(40)42(32-15-6-3-7-16-32,33-17-8-4-9-18-33)34-19-10-5-11-20-34/h3-13,15-28H,2,14,29H2,1H3. The molecule has 0 saturated carbocycles. The number of fused-ring (bicyclic) bond motifs is 1. The van der Waals surface area contributed by atoms with E-state index in [4.69, 9.17) is 26.9 Å². The molecular formula is C42H34ClN7. The number of tetrazole rings is 1. The van der Waals surface area contributed by atoms with Crippen molar-refractivity contribution in [1.29, 1.82) is 0 Å². The zero-order valence-electron chi connectivity index (χ0n) is 27.6. The molecule has 3 heterocycles. The summed E-state index contributed by atoms with van der Waals surface area (Å²) in [5.41, 5.74) is 8.15. The van der Waals surface area contributed by atoms with Gasteiger partial charge in [0.1, 0.15) is 22.0 Å². The molecule has 0 aliphatic heterocycles. The van der Waals surface area contributed by atoms with Crippen LogP contribution in [0.2, 0.25) is 5.15 Å². The Balaban J connectivity index is 1.24. The van der Waals surface area contributed by atoms with Gasteiger partial charge in [-0.3, -0.25) is 0 Å². The van der Waals surface area contributed by atoms with Gasteiger partial charge in [0.15, 0.2) is 11.5 Å². The summed E-state index contributed by atoms with van der Waals surface area (Å²) >= 11 is 6.30. The molecule has 0 bridgehead atoms. The van der Waals surface area contributed by atoms with Crippen LogP contribution in [0.4, 0.5) is 0 Å². The van der Waals surface area contributed by atoms with Gasteiger partial charge in [0.05, 0.1) is 6.54 Å². The normalized spacial score (nSPS) is 11.6. The summed E-state index contributed by atoms with van der Waals surface area (Å²) in [4.78, 5) is 9.48. The summed E-state index contributed by atoms with van der Waals surface area (Å²) in [5, 5.41) is 14.3. The van der Waals surface area contributed by atoms with Gasteiger partial charge in [0.2, 0.25) is 0 Å². The summed E-state index contributed by atoms with van der Waals surface area (Å²) in [6.45, 7) is 2.81. The van der Waals surface area contributed by atoms with E-state index >= 15 is 0 Å². The molecule has 0 N–H and O–H groups in total. The van der Waals surface area contributed by atoms with Gasteiger partial charge < -0.3 is 4.57 Å². The lowest BCUT2D eigenvalue weighted by atomic mass is 9.77. The van der Waals surface area contributed by atoms with Gasteiger partial charge in [-0.15, -0.1) is 5.10 Å². The first-order valence-corrected chi connectivity index (χ1v) is 17.2. The molecule has 0 radical (unpaired) electrons. The molecule has 0 saturated heterocycles. The number of hydrogen-bond acceptors (Lipinski definition) is 5. The highest BCUT2D eigenvalue weighted by Crippen LogP contribution is 2.43. The van der Waals surface area contributed by atoms with Crippen LogP contribution in [-0.2, 0) is 18.5 Å². The Labute approximate surface area is 295 Å². The van der Waals surface area contributed by atoms with E-state index in [9.17, 15) is 0 Å². The molecule has 8 rings (SSSR count). The van der Waals surface area contributed by atoms with Crippen LogP contribution >= 0.6 is 11.6 Å². The first-order chi connectivity index (χ1) is 24.7. The molecule has 5 aromatic carbocycles. The van der Waals surface area contributed by atoms with Crippen molar-refractivity contribution in [3.63, 3.8) is 0 Å². The highest BCUT2D eigenvalue weighted by Gasteiger charge is 2.42. The van der Waals surface area contributed by atoms with Gasteiger partial charge in [-0.25, -0.2) is 14.6 Å². The molecule has 50 heavy (non-hydrogen) atoms. The van der Waals surface area contributed by atoms with Crippen LogP contribution < -0.4 is 0 Å². The largest absolute Gasteiger partial charge is 0.308 e. The summed E-state index contributed by atoms with van der Waals surface area (Å²) in [6, 6.07) is 52.1. The smallest absolute Gasteiger partial charge is 0.184 e. The lowest BCUT2D eigenvalue weighted by Crippen LogP contribution is -2.39. The Morgan fingerprint density at radius 1 is 0.620 bits per heavy atom. The zero-order chi connectivity index (χ0) is 33.9. The van der Waals surface area contributed by atoms with Crippen LogP contribution in [0.1, 0.15) is 41.4 Å². The summed E-state index contributed by atoms with van der Waals surface area (Å²) in [6.07, 6.45) is 1.86. The molecule has 0 aliphatic rings. The van der Waals surface area contributed by atoms with E-state index in [1.54, 1.807) is 6.07 Å². The maximum absolute atomic E-state index is 6.30. The summed E-state index contributed by atoms with van der Waals surface area (Å²) < 4.78 is 4.16. The van der Waals surface area contributed by atoms with Crippen molar-refractivity contribution in [3.05, 3.63) is 185 Å². The van der Waals surface area contributed by atoms with Gasteiger partial charge in [-0.1, -0.05) is 158 Å². The van der Waals surface area contributed by atoms with Gasteiger partial charge in [-0.05, 0) is 62.4 Å². The molecule has 3 aromatic heterocycles. The van der Waals surface area contributed by atoms with E-state index in [1.807, 2.05) is 35.0 Å². The molecule has 244 valence electrons. The SMILES string of the molecule is CCCc1nc2ccc(Cl)nc2n1Cc1ccc(-c2ccccc2-c2nnnn2C(c2ccccc2)(c2ccccc2)c2ccccc2)cc1. The number of rotatable bonds is 10. The zero-order valence-corrected chi connectivity index (χ0v) is 28.3. The molecule has 0 unspecified atom stereocenters. The second-order valence-corrected chi connectivity index (χ2v) is 12.7. The number of hydrogen-bond donors (Lipinski definition) is 0. The van der Waals surface area contributed by atoms with Gasteiger partial charge in [-0.2, -0.15) is 0 Å². The van der Waals surface area contributed by atoms with E-state index in [0.717, 1.165) is 68.8 Å². The lowest BCUT2D eigenvalue weighted by Gasteiger charge is -2.36. The van der Waals surface area contributed by atoms with Crippen LogP contribution in [0.5, 0.6) is 0 Å². The minimum Gasteiger partial charge on any atom is -0.308 e. The Kier molecular flexibility index (Phi) is 8.49. The molecule has 8 heteroatoms. The Morgan fingerprint density at radius 3 is 1.80 bits per heavy atom. The highest BCUT2D eigenvalue weighted by atomic mass is 35.5. The van der Waals surface area contributed by atoms with Crippen LogP contribution in [0.15, 0.2) is 152 Å². The van der Waals surface area contributed by atoms with E-state index in [-0.39, 0.29) is 0 Å². The van der Waals surface area contributed by atoms with Crippen molar-refractivity contribution in [2.45, 2.75) is 31.8 Å². The first kappa shape index (κ1) is 31.4. The van der Waals surface area contributed by atoms with Crippen LogP contribution in [0, 0.1) is 0 Å². The minimum absolute atomic E-state index is 0.465. The Morgan fingerprint density at radius 2 is 1.20 bits per heavy atom. The molecule has 0 spiro atoms. The number of aromatic nitrogens is 7. The first-order valence-electron chi connectivity index (χ1n) is 16.8. The van der Waals surface area contributed by atoms with Gasteiger partial charge in [0, 0.05) is 12.0 Å². The van der Waals surface area contributed by atoms with E-state index in [1.165, 1.54) is 0 Å². The predicted octanol–water partition coefficient (Wildman–Crippen LogP) is 9.25. The van der Waals surface area contributed by atoms with Crippen molar-refractivity contribution in [2.75, 3.05) is 0 Å². The topological polar surface area (TPSA) is 74.3 Å². The minimum atomic E-state index is -0.847. The van der Waals surface area contributed by atoms with Gasteiger partial charge in [0.25, 0.3) is 0 Å². The Bertz CT molecular complexity index is 2270. The molecule has 8 aromatic rings. The quantitative estimate of drug-likeness (QED) is 0.107. The number of nitrogens with zero attached hydrogens (tertiary/aromatic N) is 7. The monoisotopic (exact) mass is 671 g/mol. The summed E-state index contributed by atoms with van der Waals surface area (Å²) in [5.74, 6) is 1.68. The average Bonchev–Trinajstić information content (AvgIpc) is 3.79. The van der Waals surface area contributed by atoms with Crippen LogP contribution in [-0.4, -0.2) is 34.7 Å². The van der Waals surface area contributed by atoms with Crippen molar-refractivity contribution in [2.24, 2.45) is 0 Å². The fourth-order valence-corrected chi connectivity index (χ4v) is 7.14.